The highest BCUT2D eigenvalue weighted by atomic mass is 28.3. The van der Waals surface area contributed by atoms with Gasteiger partial charge in [0.05, 0.1) is 19.9 Å². The molecule has 0 saturated heterocycles. The van der Waals surface area contributed by atoms with Crippen LogP contribution in [0.5, 0.6) is 0 Å². The van der Waals surface area contributed by atoms with Crippen molar-refractivity contribution in [2.75, 3.05) is 6.67 Å². The van der Waals surface area contributed by atoms with E-state index in [4.69, 9.17) is 5.26 Å². The van der Waals surface area contributed by atoms with Gasteiger partial charge in [-0.05, 0) is 6.92 Å². The van der Waals surface area contributed by atoms with Crippen LogP contribution in [0.3, 0.4) is 0 Å². The van der Waals surface area contributed by atoms with Gasteiger partial charge < -0.3 is 0 Å². The minimum absolute atomic E-state index is 0.509. The first kappa shape index (κ1) is 8.64. The standard InChI is InChI=1S/C6H11FNSi/c1-6(4-7,5-8)9(2)3/h4H2,1-3H3. The van der Waals surface area contributed by atoms with Crippen LogP contribution < -0.4 is 0 Å². The molecule has 1 nitrogen and oxygen atoms in total. The summed E-state index contributed by atoms with van der Waals surface area (Å²) in [7, 11) is -0.809. The molecule has 0 heterocycles. The normalized spacial score (nSPS) is 16.9. The van der Waals surface area contributed by atoms with Crippen LogP contribution in [0.1, 0.15) is 6.92 Å². The van der Waals surface area contributed by atoms with Gasteiger partial charge in [0.1, 0.15) is 6.67 Å². The Hall–Kier alpha value is -0.363. The molecule has 0 N–H and O–H groups in total. The number of alkyl halides is 1. The molecule has 0 aromatic carbocycles. The van der Waals surface area contributed by atoms with E-state index in [1.165, 1.54) is 0 Å². The maximum absolute atomic E-state index is 12.1. The highest BCUT2D eigenvalue weighted by Gasteiger charge is 2.28. The molecule has 0 fully saturated rings. The van der Waals surface area contributed by atoms with Crippen LogP contribution in [0, 0.1) is 11.3 Å². The Morgan fingerprint density at radius 3 is 2.11 bits per heavy atom. The molecule has 3 heteroatoms. The highest BCUT2D eigenvalue weighted by molar-refractivity contribution is 6.60. The minimum Gasteiger partial charge on any atom is -0.250 e. The lowest BCUT2D eigenvalue weighted by atomic mass is 10.2. The third-order valence-corrected chi connectivity index (χ3v) is 4.07. The summed E-state index contributed by atoms with van der Waals surface area (Å²) >= 11 is 0. The molecular weight excluding hydrogens is 133 g/mol. The smallest absolute Gasteiger partial charge is 0.105 e. The second-order valence-corrected chi connectivity index (χ2v) is 5.68. The van der Waals surface area contributed by atoms with Crippen LogP contribution in [0.15, 0.2) is 0 Å². The van der Waals surface area contributed by atoms with Crippen LogP contribution in [0.2, 0.25) is 18.1 Å². The van der Waals surface area contributed by atoms with E-state index >= 15 is 0 Å². The van der Waals surface area contributed by atoms with Gasteiger partial charge in [-0.3, -0.25) is 0 Å². The quantitative estimate of drug-likeness (QED) is 0.544. The van der Waals surface area contributed by atoms with Gasteiger partial charge in [0, 0.05) is 0 Å². The van der Waals surface area contributed by atoms with E-state index < -0.39 is 20.5 Å². The Morgan fingerprint density at radius 2 is 2.11 bits per heavy atom. The van der Waals surface area contributed by atoms with Crippen LogP contribution in [-0.4, -0.2) is 15.5 Å². The largest absolute Gasteiger partial charge is 0.250 e. The van der Waals surface area contributed by atoms with Crippen LogP contribution in [-0.2, 0) is 0 Å². The molecule has 0 saturated carbocycles. The molecule has 1 atom stereocenters. The Balaban J connectivity index is 4.14. The third kappa shape index (κ3) is 1.79. The minimum atomic E-state index is -0.809. The average molecular weight is 144 g/mol. The fourth-order valence-corrected chi connectivity index (χ4v) is 0.766. The maximum atomic E-state index is 12.1. The highest BCUT2D eigenvalue weighted by Crippen LogP contribution is 2.27. The maximum Gasteiger partial charge on any atom is 0.105 e. The second-order valence-electron chi connectivity index (χ2n) is 2.58. The second kappa shape index (κ2) is 2.97. The number of nitrogens with zero attached hydrogens (tertiary/aromatic N) is 1. The van der Waals surface area contributed by atoms with Crippen molar-refractivity contribution in [3.05, 3.63) is 0 Å². The number of nitriles is 1. The van der Waals surface area contributed by atoms with Crippen LogP contribution >= 0.6 is 0 Å². The summed E-state index contributed by atoms with van der Waals surface area (Å²) < 4.78 is 12.1. The summed E-state index contributed by atoms with van der Waals surface area (Å²) in [6.45, 7) is 5.08. The summed E-state index contributed by atoms with van der Waals surface area (Å²) in [5.74, 6) is 0. The summed E-state index contributed by atoms with van der Waals surface area (Å²) in [6, 6.07) is 2.00. The van der Waals surface area contributed by atoms with E-state index in [9.17, 15) is 4.39 Å². The Kier molecular flexibility index (Phi) is 2.85. The van der Waals surface area contributed by atoms with E-state index in [-0.39, 0.29) is 0 Å². The molecule has 1 unspecified atom stereocenters. The van der Waals surface area contributed by atoms with Gasteiger partial charge in [-0.25, -0.2) is 4.39 Å². The Bertz CT molecular complexity index is 130. The zero-order chi connectivity index (χ0) is 7.49. The van der Waals surface area contributed by atoms with Crippen molar-refractivity contribution in [2.24, 2.45) is 0 Å². The molecule has 0 rings (SSSR count). The number of hydrogen-bond donors (Lipinski definition) is 0. The van der Waals surface area contributed by atoms with Crippen molar-refractivity contribution in [1.29, 1.82) is 5.26 Å². The lowest BCUT2D eigenvalue weighted by Gasteiger charge is -2.19. The molecule has 0 amide bonds. The molecule has 9 heavy (non-hydrogen) atoms. The molecule has 0 bridgehead atoms. The predicted octanol–water partition coefficient (Wildman–Crippen LogP) is 1.99. The van der Waals surface area contributed by atoms with Crippen molar-refractivity contribution < 1.29 is 4.39 Å². The van der Waals surface area contributed by atoms with Gasteiger partial charge in [-0.2, -0.15) is 5.26 Å². The summed E-state index contributed by atoms with van der Waals surface area (Å²) in [6.07, 6.45) is 0. The van der Waals surface area contributed by atoms with Crippen LogP contribution in [0.25, 0.3) is 0 Å². The zero-order valence-corrected chi connectivity index (χ0v) is 7.03. The van der Waals surface area contributed by atoms with Gasteiger partial charge in [0.15, 0.2) is 0 Å². The van der Waals surface area contributed by atoms with E-state index in [1.54, 1.807) is 6.92 Å². The monoisotopic (exact) mass is 144 g/mol. The van der Waals surface area contributed by atoms with Crippen LogP contribution in [0.4, 0.5) is 4.39 Å². The fourth-order valence-electron chi connectivity index (χ4n) is 0.275. The summed E-state index contributed by atoms with van der Waals surface area (Å²) in [5.41, 5.74) is 0. The van der Waals surface area contributed by atoms with Crippen molar-refractivity contribution in [3.63, 3.8) is 0 Å². The van der Waals surface area contributed by atoms with Crippen molar-refractivity contribution in [2.45, 2.75) is 25.1 Å². The molecule has 1 radical (unpaired) electrons. The first-order chi connectivity index (χ1) is 4.06. The molecular formula is C6H11FNSi. The summed E-state index contributed by atoms with van der Waals surface area (Å²) in [4.78, 5) is 0. The van der Waals surface area contributed by atoms with E-state index in [2.05, 4.69) is 0 Å². The van der Waals surface area contributed by atoms with E-state index in [0.29, 0.717) is 0 Å². The number of rotatable bonds is 2. The van der Waals surface area contributed by atoms with Gasteiger partial charge >= 0.3 is 0 Å². The van der Waals surface area contributed by atoms with Gasteiger partial charge in [0.25, 0.3) is 0 Å². The zero-order valence-electron chi connectivity index (χ0n) is 6.03. The first-order valence-corrected chi connectivity index (χ1v) is 5.34. The fraction of sp³-hybridized carbons (Fsp3) is 0.833. The Morgan fingerprint density at radius 1 is 1.67 bits per heavy atom. The molecule has 0 aliphatic rings. The molecule has 0 aromatic rings. The SMILES string of the molecule is C[Si](C)C(C)(C#N)CF. The topological polar surface area (TPSA) is 23.8 Å². The third-order valence-electron chi connectivity index (χ3n) is 1.62. The molecule has 0 aromatic heterocycles. The molecule has 0 aliphatic carbocycles. The van der Waals surface area contributed by atoms with Crippen molar-refractivity contribution >= 4 is 8.80 Å². The van der Waals surface area contributed by atoms with E-state index in [1.807, 2.05) is 19.2 Å². The lowest BCUT2D eigenvalue weighted by Crippen LogP contribution is -2.24. The summed E-state index contributed by atoms with van der Waals surface area (Å²) in [5, 5.41) is 7.82. The molecule has 0 spiro atoms. The van der Waals surface area contributed by atoms with Gasteiger partial charge in [-0.15, -0.1) is 0 Å². The van der Waals surface area contributed by atoms with Crippen molar-refractivity contribution in [1.82, 2.24) is 0 Å². The van der Waals surface area contributed by atoms with Crippen molar-refractivity contribution in [3.8, 4) is 6.07 Å². The first-order valence-electron chi connectivity index (χ1n) is 2.84. The predicted molar refractivity (Wildman–Crippen MR) is 37.4 cm³/mol. The Labute approximate surface area is 57.1 Å². The average Bonchev–Trinajstić information content (AvgIpc) is 1.86. The lowest BCUT2D eigenvalue weighted by molar-refractivity contribution is 0.441. The van der Waals surface area contributed by atoms with Gasteiger partial charge in [0.2, 0.25) is 0 Å². The molecule has 51 valence electrons. The van der Waals surface area contributed by atoms with Gasteiger partial charge in [-0.1, -0.05) is 13.1 Å². The number of halogens is 1. The molecule has 0 aliphatic heterocycles. The number of hydrogen-bond acceptors (Lipinski definition) is 1. The van der Waals surface area contributed by atoms with E-state index in [0.717, 1.165) is 0 Å².